The van der Waals surface area contributed by atoms with Crippen molar-refractivity contribution in [1.29, 1.82) is 0 Å². The van der Waals surface area contributed by atoms with Crippen LogP contribution in [0.5, 0.6) is 0 Å². The van der Waals surface area contributed by atoms with Crippen LogP contribution in [0.2, 0.25) is 0 Å². The molecule has 2 rings (SSSR count). The van der Waals surface area contributed by atoms with Gasteiger partial charge in [-0.15, -0.1) is 11.3 Å². The van der Waals surface area contributed by atoms with Gasteiger partial charge in [0, 0.05) is 18.6 Å². The van der Waals surface area contributed by atoms with Crippen LogP contribution in [0.1, 0.15) is 34.3 Å². The fourth-order valence-electron chi connectivity index (χ4n) is 1.97. The maximum absolute atomic E-state index is 12.0. The molecule has 108 valence electrons. The monoisotopic (exact) mass is 292 g/mol. The lowest BCUT2D eigenvalue weighted by Crippen LogP contribution is -2.41. The van der Waals surface area contributed by atoms with E-state index in [1.165, 1.54) is 24.2 Å². The summed E-state index contributed by atoms with van der Waals surface area (Å²) in [6.07, 6.45) is 2.54. The fourth-order valence-corrected chi connectivity index (χ4v) is 2.76. The van der Waals surface area contributed by atoms with Crippen molar-refractivity contribution in [2.24, 2.45) is 0 Å². The van der Waals surface area contributed by atoms with Crippen LogP contribution < -0.4 is 5.32 Å². The summed E-state index contributed by atoms with van der Waals surface area (Å²) in [5.41, 5.74) is 0. The van der Waals surface area contributed by atoms with E-state index in [1.54, 1.807) is 6.07 Å². The van der Waals surface area contributed by atoms with E-state index in [9.17, 15) is 4.79 Å². The minimum absolute atomic E-state index is 0.0527. The molecule has 0 aliphatic heterocycles. The summed E-state index contributed by atoms with van der Waals surface area (Å²) in [5, 5.41) is 11.6. The number of aliphatic hydroxyl groups is 1. The van der Waals surface area contributed by atoms with Crippen LogP contribution in [0.15, 0.2) is 12.1 Å². The molecule has 1 fully saturated rings. The molecule has 20 heavy (non-hydrogen) atoms. The van der Waals surface area contributed by atoms with Crippen molar-refractivity contribution >= 4 is 17.2 Å². The number of carbonyl (C=O) groups is 1. The van der Waals surface area contributed by atoms with Gasteiger partial charge >= 0.3 is 0 Å². The molecule has 1 amide bonds. The molecule has 1 saturated carbocycles. The van der Waals surface area contributed by atoms with Crippen molar-refractivity contribution in [2.75, 3.05) is 20.2 Å². The van der Waals surface area contributed by atoms with E-state index in [4.69, 9.17) is 5.11 Å². The number of nitrogens with one attached hydrogen (secondary N) is 1. The molecule has 1 unspecified atom stereocenters. The molecule has 5 heteroatoms. The first-order valence-electron chi connectivity index (χ1n) is 6.81. The number of thiophene rings is 1. The van der Waals surface area contributed by atoms with Crippen molar-refractivity contribution in [1.82, 2.24) is 10.2 Å². The number of likely N-dealkylation sites (N-methyl/N-ethyl adjacent to an activating group) is 1. The molecule has 1 heterocycles. The molecule has 0 saturated heterocycles. The maximum atomic E-state index is 12.0. The Morgan fingerprint density at radius 2 is 2.35 bits per heavy atom. The number of hydrogen-bond acceptors (Lipinski definition) is 4. The van der Waals surface area contributed by atoms with Gasteiger partial charge in [0.05, 0.1) is 9.75 Å². The van der Waals surface area contributed by atoms with Crippen molar-refractivity contribution in [3.05, 3.63) is 21.9 Å². The lowest BCUT2D eigenvalue weighted by molar-refractivity contribution is 0.0943. The van der Waals surface area contributed by atoms with E-state index in [0.29, 0.717) is 23.5 Å². The molecule has 0 radical (unpaired) electrons. The van der Waals surface area contributed by atoms with Gasteiger partial charge in [0.2, 0.25) is 0 Å². The van der Waals surface area contributed by atoms with Gasteiger partial charge in [0.25, 0.3) is 5.91 Å². The second kappa shape index (κ2) is 6.89. The van der Waals surface area contributed by atoms with Crippen LogP contribution in [-0.4, -0.2) is 48.2 Å². The number of carbonyl (C=O) groups excluding carboxylic acids is 1. The Balaban J connectivity index is 1.83. The summed E-state index contributed by atoms with van der Waals surface area (Å²) in [7, 11) is 2.11. The van der Waals surface area contributed by atoms with Gasteiger partial charge < -0.3 is 10.4 Å². The highest BCUT2D eigenvalue weighted by Gasteiger charge is 2.29. The van der Waals surface area contributed by atoms with Crippen molar-refractivity contribution in [3.8, 4) is 11.8 Å². The predicted molar refractivity (Wildman–Crippen MR) is 80.9 cm³/mol. The van der Waals surface area contributed by atoms with Crippen LogP contribution in [-0.2, 0) is 0 Å². The molecule has 1 atom stereocenters. The lowest BCUT2D eigenvalue weighted by Gasteiger charge is -2.24. The highest BCUT2D eigenvalue weighted by molar-refractivity contribution is 7.14. The van der Waals surface area contributed by atoms with E-state index >= 15 is 0 Å². The average Bonchev–Trinajstić information content (AvgIpc) is 3.19. The molecule has 0 aromatic carbocycles. The number of rotatable bonds is 5. The van der Waals surface area contributed by atoms with Gasteiger partial charge in [-0.2, -0.15) is 0 Å². The molecule has 4 nitrogen and oxygen atoms in total. The lowest BCUT2D eigenvalue weighted by atomic mass is 10.3. The average molecular weight is 292 g/mol. The molecule has 2 N–H and O–H groups in total. The minimum Gasteiger partial charge on any atom is -0.384 e. The zero-order chi connectivity index (χ0) is 14.5. The van der Waals surface area contributed by atoms with E-state index in [1.807, 2.05) is 6.07 Å². The van der Waals surface area contributed by atoms with Crippen LogP contribution in [0, 0.1) is 11.8 Å². The summed E-state index contributed by atoms with van der Waals surface area (Å²) in [4.78, 5) is 15.8. The van der Waals surface area contributed by atoms with Crippen LogP contribution >= 0.6 is 11.3 Å². The fraction of sp³-hybridized carbons (Fsp3) is 0.533. The van der Waals surface area contributed by atoms with Gasteiger partial charge in [-0.25, -0.2) is 0 Å². The molecule has 0 bridgehead atoms. The van der Waals surface area contributed by atoms with E-state index in [2.05, 4.69) is 36.0 Å². The maximum Gasteiger partial charge on any atom is 0.261 e. The highest BCUT2D eigenvalue weighted by atomic mass is 32.1. The summed E-state index contributed by atoms with van der Waals surface area (Å²) in [6.45, 7) is 2.62. The number of hydrogen-bond donors (Lipinski definition) is 2. The van der Waals surface area contributed by atoms with Gasteiger partial charge in [0.15, 0.2) is 0 Å². The normalized spacial score (nSPS) is 15.6. The van der Waals surface area contributed by atoms with Gasteiger partial charge in [0.1, 0.15) is 6.61 Å². The van der Waals surface area contributed by atoms with Crippen molar-refractivity contribution in [2.45, 2.75) is 31.8 Å². The Bertz CT molecular complexity index is 525. The molecule has 0 spiro atoms. The SMILES string of the molecule is CC(CNC(=O)c1ccc(C#CCO)s1)N(C)C1CC1. The molecule has 1 aliphatic rings. The van der Waals surface area contributed by atoms with Crippen LogP contribution in [0.25, 0.3) is 0 Å². The minimum atomic E-state index is -0.162. The second-order valence-electron chi connectivity index (χ2n) is 5.08. The largest absolute Gasteiger partial charge is 0.384 e. The Morgan fingerprint density at radius 3 is 3.00 bits per heavy atom. The van der Waals surface area contributed by atoms with E-state index in [0.717, 1.165) is 4.88 Å². The topological polar surface area (TPSA) is 52.6 Å². The zero-order valence-electron chi connectivity index (χ0n) is 11.8. The Labute approximate surface area is 123 Å². The number of amides is 1. The first-order chi connectivity index (χ1) is 9.61. The molecular formula is C15H20N2O2S. The zero-order valence-corrected chi connectivity index (χ0v) is 12.7. The molecule has 1 aliphatic carbocycles. The second-order valence-corrected chi connectivity index (χ2v) is 6.16. The highest BCUT2D eigenvalue weighted by Crippen LogP contribution is 2.26. The Hall–Kier alpha value is -1.35. The van der Waals surface area contributed by atoms with E-state index in [-0.39, 0.29) is 12.5 Å². The predicted octanol–water partition coefficient (Wildman–Crippen LogP) is 1.30. The Morgan fingerprint density at radius 1 is 1.60 bits per heavy atom. The van der Waals surface area contributed by atoms with Crippen molar-refractivity contribution < 1.29 is 9.90 Å². The third-order valence-corrected chi connectivity index (χ3v) is 4.50. The Kier molecular flexibility index (Phi) is 5.18. The standard InChI is InChI=1S/C15H20N2O2S/c1-11(17(2)12-5-6-12)10-16-15(19)14-8-7-13(20-14)4-3-9-18/h7-8,11-12,18H,5-6,9-10H2,1-2H3,(H,16,19). The third-order valence-electron chi connectivity index (χ3n) is 3.50. The number of nitrogens with zero attached hydrogens (tertiary/aromatic N) is 1. The van der Waals surface area contributed by atoms with E-state index < -0.39 is 0 Å². The number of aliphatic hydroxyl groups excluding tert-OH is 1. The van der Waals surface area contributed by atoms with Crippen LogP contribution in [0.4, 0.5) is 0 Å². The van der Waals surface area contributed by atoms with Gasteiger partial charge in [-0.3, -0.25) is 9.69 Å². The summed E-state index contributed by atoms with van der Waals surface area (Å²) in [5.74, 6) is 5.33. The smallest absolute Gasteiger partial charge is 0.261 e. The molecular weight excluding hydrogens is 272 g/mol. The van der Waals surface area contributed by atoms with Gasteiger partial charge in [-0.1, -0.05) is 11.8 Å². The third kappa shape index (κ3) is 4.07. The quantitative estimate of drug-likeness (QED) is 0.805. The summed E-state index contributed by atoms with van der Waals surface area (Å²) >= 11 is 1.35. The first kappa shape index (κ1) is 15.0. The van der Waals surface area contributed by atoms with Crippen LogP contribution in [0.3, 0.4) is 0 Å². The molecule has 1 aromatic heterocycles. The first-order valence-corrected chi connectivity index (χ1v) is 7.63. The summed E-state index contributed by atoms with van der Waals surface area (Å²) in [6, 6.07) is 4.63. The van der Waals surface area contributed by atoms with Crippen molar-refractivity contribution in [3.63, 3.8) is 0 Å². The molecule has 1 aromatic rings. The summed E-state index contributed by atoms with van der Waals surface area (Å²) < 4.78 is 0. The van der Waals surface area contributed by atoms with Gasteiger partial charge in [-0.05, 0) is 38.9 Å².